The fraction of sp³-hybridized carbons (Fsp3) is 0.500. The molecule has 1 aromatic carbocycles. The zero-order valence-corrected chi connectivity index (χ0v) is 13.8. The molecule has 0 heterocycles. The van der Waals surface area contributed by atoms with Crippen LogP contribution in [0.25, 0.3) is 5.57 Å². The maximum Gasteiger partial charge on any atom is 0.156 e. The van der Waals surface area contributed by atoms with E-state index in [1.54, 1.807) is 12.1 Å². The average Bonchev–Trinajstić information content (AvgIpc) is 3.11. The summed E-state index contributed by atoms with van der Waals surface area (Å²) in [5.41, 5.74) is 3.05. The lowest BCUT2D eigenvalue weighted by molar-refractivity contribution is -0.115. The maximum absolute atomic E-state index is 12.0. The summed E-state index contributed by atoms with van der Waals surface area (Å²) >= 11 is 12.6. The molecule has 0 saturated heterocycles. The van der Waals surface area contributed by atoms with Gasteiger partial charge in [0.05, 0.1) is 5.02 Å². The van der Waals surface area contributed by atoms with Gasteiger partial charge in [0.1, 0.15) is 10.8 Å². The third-order valence-corrected chi connectivity index (χ3v) is 6.70. The van der Waals surface area contributed by atoms with Crippen LogP contribution in [-0.2, 0) is 11.2 Å². The molecule has 0 spiro atoms. The Morgan fingerprint density at radius 1 is 1.18 bits per heavy atom. The molecule has 0 radical (unpaired) electrons. The highest BCUT2D eigenvalue weighted by Crippen LogP contribution is 2.61. The molecular weight excluding hydrogens is 319 g/mol. The number of hydrogen-bond acceptors (Lipinski definition) is 2. The molecule has 1 saturated carbocycles. The lowest BCUT2D eigenvalue weighted by Crippen LogP contribution is -2.32. The van der Waals surface area contributed by atoms with Crippen LogP contribution in [0.15, 0.2) is 12.1 Å². The van der Waals surface area contributed by atoms with E-state index in [1.807, 2.05) is 0 Å². The topological polar surface area (TPSA) is 37.3 Å². The minimum absolute atomic E-state index is 0.0213. The molecule has 1 atom stereocenters. The first-order chi connectivity index (χ1) is 10.5. The van der Waals surface area contributed by atoms with Crippen molar-refractivity contribution in [2.45, 2.75) is 44.9 Å². The van der Waals surface area contributed by atoms with E-state index in [-0.39, 0.29) is 22.0 Å². The van der Waals surface area contributed by atoms with Gasteiger partial charge < -0.3 is 5.11 Å². The number of carbonyl (C=O) groups excluding carboxylic acids is 1. The summed E-state index contributed by atoms with van der Waals surface area (Å²) in [4.78, 5) is 12.0. The molecule has 22 heavy (non-hydrogen) atoms. The highest BCUT2D eigenvalue weighted by Gasteiger charge is 2.50. The van der Waals surface area contributed by atoms with Crippen LogP contribution in [-0.4, -0.2) is 10.9 Å². The highest BCUT2D eigenvalue weighted by atomic mass is 35.5. The smallest absolute Gasteiger partial charge is 0.156 e. The second kappa shape index (κ2) is 5.01. The molecule has 0 amide bonds. The van der Waals surface area contributed by atoms with Gasteiger partial charge in [0.15, 0.2) is 5.78 Å². The fourth-order valence-corrected chi connectivity index (χ4v) is 5.31. The van der Waals surface area contributed by atoms with Crippen molar-refractivity contribution in [3.63, 3.8) is 0 Å². The quantitative estimate of drug-likeness (QED) is 0.767. The normalized spacial score (nSPS) is 27.7. The maximum atomic E-state index is 12.0. The number of allylic oxidation sites excluding steroid dienone is 2. The predicted octanol–water partition coefficient (Wildman–Crippen LogP) is 5.18. The van der Waals surface area contributed by atoms with Crippen molar-refractivity contribution in [1.82, 2.24) is 0 Å². The second-order valence-corrected chi connectivity index (χ2v) is 7.65. The van der Waals surface area contributed by atoms with Gasteiger partial charge in [0.25, 0.3) is 0 Å². The lowest BCUT2D eigenvalue weighted by atomic mass is 9.64. The summed E-state index contributed by atoms with van der Waals surface area (Å²) in [6.07, 6.45) is 9.15. The average molecular weight is 337 g/mol. The van der Waals surface area contributed by atoms with Crippen molar-refractivity contribution >= 4 is 34.6 Å². The van der Waals surface area contributed by atoms with Gasteiger partial charge in [0, 0.05) is 17.4 Å². The molecule has 4 rings (SSSR count). The van der Waals surface area contributed by atoms with Crippen LogP contribution in [0.2, 0.25) is 10.0 Å². The van der Waals surface area contributed by atoms with Crippen LogP contribution in [0.1, 0.15) is 49.7 Å². The standard InChI is InChI=1S/C18H18Cl2O2/c19-16-14(22)7-10-9-18(11-3-1-2-4-11)6-5-12(21)8-13(18)15(10)17(16)20/h7-8,11,22H,1-6,9H2. The zero-order chi connectivity index (χ0) is 15.5. The first kappa shape index (κ1) is 14.6. The first-order valence-corrected chi connectivity index (χ1v) is 8.74. The number of carbonyl (C=O) groups is 1. The number of phenols is 1. The molecule has 4 heteroatoms. The Morgan fingerprint density at radius 2 is 1.91 bits per heavy atom. The SMILES string of the molecule is O=C1C=C2c3c(cc(O)c(Cl)c3Cl)CC2(C2CCCC2)CC1. The molecule has 1 aromatic rings. The van der Waals surface area contributed by atoms with E-state index in [1.165, 1.54) is 25.7 Å². The number of ketones is 1. The highest BCUT2D eigenvalue weighted by molar-refractivity contribution is 6.44. The van der Waals surface area contributed by atoms with Gasteiger partial charge in [0.2, 0.25) is 0 Å². The fourth-order valence-electron chi connectivity index (χ4n) is 4.84. The van der Waals surface area contributed by atoms with E-state index in [9.17, 15) is 9.90 Å². The number of aromatic hydroxyl groups is 1. The van der Waals surface area contributed by atoms with Gasteiger partial charge in [-0.3, -0.25) is 4.79 Å². The van der Waals surface area contributed by atoms with Crippen molar-refractivity contribution in [1.29, 1.82) is 0 Å². The van der Waals surface area contributed by atoms with Crippen LogP contribution < -0.4 is 0 Å². The molecule has 1 N–H and O–H groups in total. The summed E-state index contributed by atoms with van der Waals surface area (Å²) in [7, 11) is 0. The molecule has 3 aliphatic rings. The lowest BCUT2D eigenvalue weighted by Gasteiger charge is -2.39. The van der Waals surface area contributed by atoms with E-state index >= 15 is 0 Å². The molecule has 2 nitrogen and oxygen atoms in total. The Bertz CT molecular complexity index is 702. The van der Waals surface area contributed by atoms with Gasteiger partial charge in [-0.15, -0.1) is 0 Å². The summed E-state index contributed by atoms with van der Waals surface area (Å²) in [6.45, 7) is 0. The van der Waals surface area contributed by atoms with E-state index in [2.05, 4.69) is 0 Å². The van der Waals surface area contributed by atoms with Crippen molar-refractivity contribution < 1.29 is 9.90 Å². The largest absolute Gasteiger partial charge is 0.506 e. The van der Waals surface area contributed by atoms with Gasteiger partial charge in [-0.2, -0.15) is 0 Å². The summed E-state index contributed by atoms with van der Waals surface area (Å²) in [5, 5.41) is 10.6. The van der Waals surface area contributed by atoms with Crippen LogP contribution in [0.4, 0.5) is 0 Å². The number of rotatable bonds is 1. The van der Waals surface area contributed by atoms with Crippen LogP contribution in [0, 0.1) is 11.3 Å². The van der Waals surface area contributed by atoms with E-state index in [0.29, 0.717) is 17.4 Å². The minimum atomic E-state index is 0.0213. The summed E-state index contributed by atoms with van der Waals surface area (Å²) in [6, 6.07) is 1.74. The third kappa shape index (κ3) is 1.90. The van der Waals surface area contributed by atoms with Gasteiger partial charge >= 0.3 is 0 Å². The molecule has 1 fully saturated rings. The number of hydrogen-bond donors (Lipinski definition) is 1. The van der Waals surface area contributed by atoms with Gasteiger partial charge in [-0.05, 0) is 54.9 Å². The van der Waals surface area contributed by atoms with E-state index < -0.39 is 0 Å². The summed E-state index contributed by atoms with van der Waals surface area (Å²) in [5.74, 6) is 0.825. The van der Waals surface area contributed by atoms with Crippen LogP contribution >= 0.6 is 23.2 Å². The van der Waals surface area contributed by atoms with E-state index in [4.69, 9.17) is 23.2 Å². The third-order valence-electron chi connectivity index (χ3n) is 5.84. The molecule has 1 unspecified atom stereocenters. The zero-order valence-electron chi connectivity index (χ0n) is 12.3. The van der Waals surface area contributed by atoms with Crippen LogP contribution in [0.5, 0.6) is 5.75 Å². The number of benzene rings is 1. The molecule has 0 aromatic heterocycles. The Balaban J connectivity index is 1.93. The Labute approximate surface area is 140 Å². The number of halogens is 2. The Kier molecular flexibility index (Phi) is 3.32. The Morgan fingerprint density at radius 3 is 2.64 bits per heavy atom. The van der Waals surface area contributed by atoms with Crippen molar-refractivity contribution in [3.8, 4) is 5.75 Å². The number of fused-ring (bicyclic) bond motifs is 3. The van der Waals surface area contributed by atoms with E-state index in [0.717, 1.165) is 29.5 Å². The Hall–Kier alpha value is -0.990. The van der Waals surface area contributed by atoms with Gasteiger partial charge in [-0.25, -0.2) is 0 Å². The minimum Gasteiger partial charge on any atom is -0.506 e. The number of phenolic OH excluding ortho intramolecular Hbond substituents is 1. The molecule has 3 aliphatic carbocycles. The monoisotopic (exact) mass is 336 g/mol. The second-order valence-electron chi connectivity index (χ2n) is 6.90. The molecule has 0 bridgehead atoms. The first-order valence-electron chi connectivity index (χ1n) is 7.98. The van der Waals surface area contributed by atoms with Gasteiger partial charge in [-0.1, -0.05) is 36.0 Å². The van der Waals surface area contributed by atoms with Crippen molar-refractivity contribution in [2.24, 2.45) is 11.3 Å². The summed E-state index contributed by atoms with van der Waals surface area (Å²) < 4.78 is 0. The van der Waals surface area contributed by atoms with Crippen molar-refractivity contribution in [3.05, 3.63) is 33.3 Å². The van der Waals surface area contributed by atoms with Crippen molar-refractivity contribution in [2.75, 3.05) is 0 Å². The molecule has 116 valence electrons. The predicted molar refractivity (Wildman–Crippen MR) is 88.4 cm³/mol. The molecular formula is C18H18Cl2O2. The molecule has 0 aliphatic heterocycles. The van der Waals surface area contributed by atoms with Crippen LogP contribution in [0.3, 0.4) is 0 Å².